The average molecular weight is 554 g/mol. The van der Waals surface area contributed by atoms with Crippen molar-refractivity contribution >= 4 is 33.8 Å². The molecule has 0 radical (unpaired) electrons. The van der Waals surface area contributed by atoms with Crippen molar-refractivity contribution < 1.29 is 0 Å². The average Bonchev–Trinajstić information content (AvgIpc) is 3.07. The SMILES string of the molecule is Cc1ccc(N(C=C(c2ccccc2)c2ccccc2)c2ccc(/C=C/C=C/Cc3ccccc3)c3ccccc23)cc1. The summed E-state index contributed by atoms with van der Waals surface area (Å²) in [5.74, 6) is 0. The van der Waals surface area contributed by atoms with Gasteiger partial charge in [-0.1, -0.05) is 163 Å². The van der Waals surface area contributed by atoms with E-state index in [0.717, 1.165) is 17.8 Å². The number of hydrogen-bond acceptors (Lipinski definition) is 1. The Morgan fingerprint density at radius 3 is 1.79 bits per heavy atom. The molecule has 0 spiro atoms. The van der Waals surface area contributed by atoms with E-state index < -0.39 is 0 Å². The first-order valence-corrected chi connectivity index (χ1v) is 14.8. The van der Waals surface area contributed by atoms with Crippen LogP contribution in [0, 0.1) is 6.92 Å². The maximum absolute atomic E-state index is 2.34. The Morgan fingerprint density at radius 1 is 0.558 bits per heavy atom. The van der Waals surface area contributed by atoms with Gasteiger partial charge in [-0.2, -0.15) is 0 Å². The van der Waals surface area contributed by atoms with Gasteiger partial charge in [0.1, 0.15) is 0 Å². The third-order valence-electron chi connectivity index (χ3n) is 7.65. The highest BCUT2D eigenvalue weighted by Gasteiger charge is 2.15. The lowest BCUT2D eigenvalue weighted by molar-refractivity contribution is 1.27. The van der Waals surface area contributed by atoms with E-state index in [1.54, 1.807) is 0 Å². The number of aryl methyl sites for hydroxylation is 1. The second-order valence-corrected chi connectivity index (χ2v) is 10.7. The Balaban J connectivity index is 1.44. The second-order valence-electron chi connectivity index (χ2n) is 10.7. The molecule has 0 unspecified atom stereocenters. The van der Waals surface area contributed by atoms with E-state index in [1.807, 2.05) is 0 Å². The second kappa shape index (κ2) is 13.5. The zero-order valence-corrected chi connectivity index (χ0v) is 24.5. The Bertz CT molecular complexity index is 1820. The molecule has 0 aliphatic heterocycles. The fraction of sp³-hybridized carbons (Fsp3) is 0.0476. The van der Waals surface area contributed by atoms with Crippen molar-refractivity contribution in [3.63, 3.8) is 0 Å². The Hall–Kier alpha value is -5.40. The quantitative estimate of drug-likeness (QED) is 0.161. The number of allylic oxidation sites excluding steroid dienone is 3. The van der Waals surface area contributed by atoms with Gasteiger partial charge < -0.3 is 4.90 Å². The molecule has 208 valence electrons. The summed E-state index contributed by atoms with van der Waals surface area (Å²) in [7, 11) is 0. The number of anilines is 2. The standard InChI is InChI=1S/C42H35N/c1-33-26-29-38(30-27-33)43(32-41(35-19-10-4-11-20-35)36-21-12-5-13-22-36)42-31-28-37(39-24-14-15-25-40(39)42)23-9-3-8-18-34-16-6-2-7-17-34/h2-17,19-32H,18H2,1H3/b8-3+,23-9+. The molecule has 6 aromatic rings. The van der Waals surface area contributed by atoms with Gasteiger partial charge in [0.2, 0.25) is 0 Å². The lowest BCUT2D eigenvalue weighted by Crippen LogP contribution is -2.11. The smallest absolute Gasteiger partial charge is 0.0534 e. The molecule has 0 aromatic heterocycles. The fourth-order valence-electron chi connectivity index (χ4n) is 5.39. The molecule has 0 atom stereocenters. The molecule has 0 bridgehead atoms. The first kappa shape index (κ1) is 27.8. The molecule has 43 heavy (non-hydrogen) atoms. The van der Waals surface area contributed by atoms with Crippen LogP contribution >= 0.6 is 0 Å². The molecular weight excluding hydrogens is 518 g/mol. The monoisotopic (exact) mass is 553 g/mol. The Morgan fingerprint density at radius 2 is 1.14 bits per heavy atom. The van der Waals surface area contributed by atoms with E-state index in [4.69, 9.17) is 0 Å². The summed E-state index contributed by atoms with van der Waals surface area (Å²) in [5, 5.41) is 2.43. The van der Waals surface area contributed by atoms with Crippen molar-refractivity contribution in [1.29, 1.82) is 0 Å². The van der Waals surface area contributed by atoms with Crippen molar-refractivity contribution in [2.45, 2.75) is 13.3 Å². The maximum atomic E-state index is 2.34. The zero-order valence-electron chi connectivity index (χ0n) is 24.5. The number of nitrogens with zero attached hydrogens (tertiary/aromatic N) is 1. The minimum Gasteiger partial charge on any atom is -0.316 e. The van der Waals surface area contributed by atoms with Crippen LogP contribution < -0.4 is 4.90 Å². The van der Waals surface area contributed by atoms with Crippen molar-refractivity contribution in [2.75, 3.05) is 4.90 Å². The van der Waals surface area contributed by atoms with Crippen molar-refractivity contribution in [2.24, 2.45) is 0 Å². The molecule has 0 amide bonds. The topological polar surface area (TPSA) is 3.24 Å². The Labute approximate surface area is 255 Å². The summed E-state index contributed by atoms with van der Waals surface area (Å²) in [6.45, 7) is 2.13. The molecule has 0 heterocycles. The lowest BCUT2D eigenvalue weighted by atomic mass is 9.97. The molecule has 0 aliphatic rings. The first-order valence-electron chi connectivity index (χ1n) is 14.8. The fourth-order valence-corrected chi connectivity index (χ4v) is 5.39. The minimum atomic E-state index is 0.924. The predicted octanol–water partition coefficient (Wildman–Crippen LogP) is 11.2. The van der Waals surface area contributed by atoms with E-state index in [0.29, 0.717) is 0 Å². The third-order valence-corrected chi connectivity index (χ3v) is 7.65. The summed E-state index contributed by atoms with van der Waals surface area (Å²) in [6, 6.07) is 53.8. The van der Waals surface area contributed by atoms with E-state index in [1.165, 1.54) is 44.2 Å². The van der Waals surface area contributed by atoms with Crippen LogP contribution in [0.1, 0.15) is 27.8 Å². The van der Waals surface area contributed by atoms with E-state index in [2.05, 4.69) is 194 Å². The van der Waals surface area contributed by atoms with Gasteiger partial charge in [-0.05, 0) is 59.2 Å². The molecule has 0 saturated heterocycles. The first-order chi connectivity index (χ1) is 21.3. The highest BCUT2D eigenvalue weighted by atomic mass is 15.1. The minimum absolute atomic E-state index is 0.924. The van der Waals surface area contributed by atoms with Crippen LogP contribution in [-0.2, 0) is 6.42 Å². The summed E-state index contributed by atoms with van der Waals surface area (Å²) in [4.78, 5) is 2.34. The van der Waals surface area contributed by atoms with Crippen LogP contribution in [0.5, 0.6) is 0 Å². The number of benzene rings is 6. The van der Waals surface area contributed by atoms with E-state index in [9.17, 15) is 0 Å². The number of rotatable bonds is 9. The predicted molar refractivity (Wildman–Crippen MR) is 186 cm³/mol. The number of fused-ring (bicyclic) bond motifs is 1. The van der Waals surface area contributed by atoms with Crippen LogP contribution in [0.2, 0.25) is 0 Å². The van der Waals surface area contributed by atoms with Gasteiger partial charge in [0.15, 0.2) is 0 Å². The van der Waals surface area contributed by atoms with Gasteiger partial charge in [-0.3, -0.25) is 0 Å². The highest BCUT2D eigenvalue weighted by molar-refractivity contribution is 6.02. The molecule has 0 N–H and O–H groups in total. The van der Waals surface area contributed by atoms with Crippen LogP contribution in [-0.4, -0.2) is 0 Å². The van der Waals surface area contributed by atoms with Crippen molar-refractivity contribution in [1.82, 2.24) is 0 Å². The maximum Gasteiger partial charge on any atom is 0.0534 e. The largest absolute Gasteiger partial charge is 0.316 e. The molecule has 1 nitrogen and oxygen atoms in total. The molecule has 0 fully saturated rings. The molecule has 6 aromatic carbocycles. The van der Waals surface area contributed by atoms with Gasteiger partial charge in [0.25, 0.3) is 0 Å². The van der Waals surface area contributed by atoms with E-state index >= 15 is 0 Å². The van der Waals surface area contributed by atoms with Gasteiger partial charge in [0, 0.05) is 22.8 Å². The van der Waals surface area contributed by atoms with Crippen LogP contribution in [0.3, 0.4) is 0 Å². The van der Waals surface area contributed by atoms with Gasteiger partial charge in [0.05, 0.1) is 5.69 Å². The van der Waals surface area contributed by atoms with Crippen molar-refractivity contribution in [3.8, 4) is 0 Å². The molecule has 1 heteroatoms. The summed E-state index contributed by atoms with van der Waals surface area (Å²) < 4.78 is 0. The summed E-state index contributed by atoms with van der Waals surface area (Å²) in [5.41, 5.74) is 9.53. The third kappa shape index (κ3) is 6.74. The number of hydrogen-bond donors (Lipinski definition) is 0. The Kier molecular flexibility index (Phi) is 8.72. The summed E-state index contributed by atoms with van der Waals surface area (Å²) in [6.07, 6.45) is 11.9. The van der Waals surface area contributed by atoms with Crippen LogP contribution in [0.4, 0.5) is 11.4 Å². The molecule has 0 saturated carbocycles. The molecular formula is C42H35N. The van der Waals surface area contributed by atoms with Gasteiger partial charge in [-0.25, -0.2) is 0 Å². The zero-order chi connectivity index (χ0) is 29.3. The highest BCUT2D eigenvalue weighted by Crippen LogP contribution is 2.37. The van der Waals surface area contributed by atoms with Crippen LogP contribution in [0.25, 0.3) is 22.4 Å². The summed E-state index contributed by atoms with van der Waals surface area (Å²) >= 11 is 0. The van der Waals surface area contributed by atoms with Gasteiger partial charge >= 0.3 is 0 Å². The normalized spacial score (nSPS) is 11.3. The van der Waals surface area contributed by atoms with E-state index in [-0.39, 0.29) is 0 Å². The lowest BCUT2D eigenvalue weighted by Gasteiger charge is -2.25. The molecule has 0 aliphatic carbocycles. The van der Waals surface area contributed by atoms with Crippen molar-refractivity contribution in [3.05, 3.63) is 204 Å². The van der Waals surface area contributed by atoms with Crippen LogP contribution in [0.15, 0.2) is 176 Å². The van der Waals surface area contributed by atoms with Gasteiger partial charge in [-0.15, -0.1) is 0 Å². The molecule has 6 rings (SSSR count).